The Bertz CT molecular complexity index is 1020. The minimum absolute atomic E-state index is 0.0710. The summed E-state index contributed by atoms with van der Waals surface area (Å²) < 4.78 is 7.03. The second-order valence-corrected chi connectivity index (χ2v) is 10.6. The van der Waals surface area contributed by atoms with E-state index in [1.165, 1.54) is 6.42 Å². The number of aromatic nitrogens is 2. The molecule has 0 radical (unpaired) electrons. The lowest BCUT2D eigenvalue weighted by Gasteiger charge is -2.52. The fraction of sp³-hybridized carbons (Fsp3) is 0.556. The number of nitrogens with zero attached hydrogens (tertiary/aromatic N) is 4. The lowest BCUT2D eigenvalue weighted by atomic mass is 9.82. The van der Waals surface area contributed by atoms with Crippen molar-refractivity contribution in [2.75, 3.05) is 44.6 Å². The van der Waals surface area contributed by atoms with Crippen molar-refractivity contribution in [2.45, 2.75) is 50.7 Å². The van der Waals surface area contributed by atoms with Crippen molar-refractivity contribution in [1.29, 1.82) is 0 Å². The van der Waals surface area contributed by atoms with Crippen LogP contribution in [-0.2, 0) is 19.9 Å². The van der Waals surface area contributed by atoms with Crippen molar-refractivity contribution in [3.05, 3.63) is 54.2 Å². The van der Waals surface area contributed by atoms with Crippen LogP contribution < -0.4 is 5.32 Å². The van der Waals surface area contributed by atoms with E-state index in [1.54, 1.807) is 18.3 Å². The van der Waals surface area contributed by atoms with Crippen LogP contribution in [0.5, 0.6) is 0 Å². The molecule has 0 spiro atoms. The molecule has 8 nitrogen and oxygen atoms in total. The van der Waals surface area contributed by atoms with Gasteiger partial charge in [0.2, 0.25) is 0 Å². The summed E-state index contributed by atoms with van der Waals surface area (Å²) in [6.45, 7) is 6.75. The Hall–Kier alpha value is -2.84. The number of piperidine rings is 4. The van der Waals surface area contributed by atoms with Gasteiger partial charge in [0.25, 0.3) is 5.91 Å². The largest absolute Gasteiger partial charge is 0.454 e. The van der Waals surface area contributed by atoms with Gasteiger partial charge in [0, 0.05) is 25.0 Å². The highest BCUT2D eigenvalue weighted by atomic mass is 16.5. The Kier molecular flexibility index (Phi) is 6.84. The summed E-state index contributed by atoms with van der Waals surface area (Å²) in [5.41, 5.74) is 0.183. The lowest BCUT2D eigenvalue weighted by Crippen LogP contribution is -2.66. The third-order valence-corrected chi connectivity index (χ3v) is 8.34. The topological polar surface area (TPSA) is 84.4 Å². The predicted molar refractivity (Wildman–Crippen MR) is 132 cm³/mol. The monoisotopic (exact) mass is 478 g/mol. The maximum absolute atomic E-state index is 13.9. The van der Waals surface area contributed by atoms with E-state index in [4.69, 9.17) is 4.74 Å². The van der Waals surface area contributed by atoms with Crippen molar-refractivity contribution in [1.82, 2.24) is 15.1 Å². The van der Waals surface area contributed by atoms with Crippen LogP contribution in [0.25, 0.3) is 0 Å². The molecular formula is C27H36N5O3+. The van der Waals surface area contributed by atoms with Crippen molar-refractivity contribution in [2.24, 2.45) is 5.92 Å². The molecule has 0 aliphatic carbocycles. The Morgan fingerprint density at radius 2 is 1.83 bits per heavy atom. The van der Waals surface area contributed by atoms with Gasteiger partial charge in [-0.25, -0.2) is 4.79 Å². The molecule has 4 aliphatic rings. The molecule has 5 heterocycles. The normalized spacial score (nSPS) is 28.1. The number of carbonyl (C=O) groups is 2. The number of fused-ring (bicyclic) bond motifs is 3. The molecule has 35 heavy (non-hydrogen) atoms. The molecule has 4 fully saturated rings. The molecule has 1 N–H and O–H groups in total. The number of likely N-dealkylation sites (tertiary alicyclic amines) is 1. The van der Waals surface area contributed by atoms with E-state index in [1.807, 2.05) is 37.3 Å². The van der Waals surface area contributed by atoms with Crippen molar-refractivity contribution in [3.63, 3.8) is 0 Å². The number of amides is 1. The second-order valence-electron chi connectivity index (χ2n) is 10.6. The summed E-state index contributed by atoms with van der Waals surface area (Å²) in [6.07, 6.45) is 6.77. The van der Waals surface area contributed by atoms with Gasteiger partial charge < -0.3 is 14.5 Å². The Balaban J connectivity index is 1.30. The molecular weight excluding hydrogens is 442 g/mol. The van der Waals surface area contributed by atoms with Gasteiger partial charge in [0.1, 0.15) is 12.1 Å². The first-order valence-electron chi connectivity index (χ1n) is 12.9. The number of anilines is 1. The van der Waals surface area contributed by atoms with Gasteiger partial charge in [-0.2, -0.15) is 5.10 Å². The molecule has 2 aromatic rings. The van der Waals surface area contributed by atoms with Crippen LogP contribution in [-0.4, -0.2) is 76.8 Å². The zero-order valence-electron chi connectivity index (χ0n) is 20.6. The zero-order chi connectivity index (χ0) is 24.3. The van der Waals surface area contributed by atoms with Crippen LogP contribution >= 0.6 is 0 Å². The molecule has 1 aromatic carbocycles. The summed E-state index contributed by atoms with van der Waals surface area (Å²) in [4.78, 5) is 29.0. The smallest absolute Gasteiger partial charge is 0.331 e. The minimum Gasteiger partial charge on any atom is -0.454 e. The molecule has 8 heteroatoms. The van der Waals surface area contributed by atoms with E-state index in [9.17, 15) is 9.59 Å². The Morgan fingerprint density at radius 3 is 2.51 bits per heavy atom. The first-order valence-corrected chi connectivity index (χ1v) is 12.9. The van der Waals surface area contributed by atoms with E-state index < -0.39 is 5.54 Å². The highest BCUT2D eigenvalue weighted by Gasteiger charge is 2.51. The SMILES string of the molecule is C[C@@](C(=O)O[C@H]1C[N+]2(CC(=O)Nc3cccnn3)CCC1CC2)(c1ccccc1)N1CCCCC1. The average Bonchev–Trinajstić information content (AvgIpc) is 2.90. The Labute approximate surface area is 207 Å². The summed E-state index contributed by atoms with van der Waals surface area (Å²) in [5.74, 6) is 0.596. The van der Waals surface area contributed by atoms with Crippen LogP contribution in [0.1, 0.15) is 44.6 Å². The molecule has 0 saturated carbocycles. The van der Waals surface area contributed by atoms with Gasteiger partial charge in [0.15, 0.2) is 18.5 Å². The highest BCUT2D eigenvalue weighted by molar-refractivity contribution is 5.90. The standard InChI is InChI=1S/C27H35N5O3/c1-27(22-9-4-2-5-10-22,31-15-6-3-7-16-31)26(34)35-23-19-32(17-12-21(23)13-18-32)20-25(33)29-24-11-8-14-28-30-24/h2,4-5,8-11,14,21,23H,3,6-7,12-13,15-20H2,1H3/p+1/t21?,23-,27-,32?/m0/s1. The minimum atomic E-state index is -0.804. The van der Waals surface area contributed by atoms with Crippen LogP contribution in [0.15, 0.2) is 48.7 Å². The lowest BCUT2D eigenvalue weighted by molar-refractivity contribution is -0.939. The van der Waals surface area contributed by atoms with Gasteiger partial charge in [-0.1, -0.05) is 36.8 Å². The number of hydrogen-bond acceptors (Lipinski definition) is 6. The van der Waals surface area contributed by atoms with Gasteiger partial charge in [0.05, 0.1) is 13.1 Å². The Morgan fingerprint density at radius 1 is 1.09 bits per heavy atom. The number of hydrogen-bond donors (Lipinski definition) is 1. The first kappa shape index (κ1) is 23.9. The quantitative estimate of drug-likeness (QED) is 0.487. The van der Waals surface area contributed by atoms with Crippen LogP contribution in [0.4, 0.5) is 5.82 Å². The third-order valence-electron chi connectivity index (χ3n) is 8.34. The maximum Gasteiger partial charge on any atom is 0.331 e. The molecule has 4 aliphatic heterocycles. The predicted octanol–water partition coefficient (Wildman–Crippen LogP) is 2.97. The number of esters is 1. The van der Waals surface area contributed by atoms with Gasteiger partial charge in [-0.05, 0) is 50.6 Å². The number of rotatable bonds is 7. The van der Waals surface area contributed by atoms with E-state index in [0.29, 0.717) is 29.3 Å². The van der Waals surface area contributed by atoms with E-state index in [-0.39, 0.29) is 18.0 Å². The van der Waals surface area contributed by atoms with E-state index in [2.05, 4.69) is 20.4 Å². The van der Waals surface area contributed by atoms with Crippen molar-refractivity contribution >= 4 is 17.7 Å². The third kappa shape index (κ3) is 4.95. The van der Waals surface area contributed by atoms with Gasteiger partial charge in [-0.15, -0.1) is 5.10 Å². The van der Waals surface area contributed by atoms with Crippen LogP contribution in [0.3, 0.4) is 0 Å². The van der Waals surface area contributed by atoms with Crippen molar-refractivity contribution < 1.29 is 18.8 Å². The fourth-order valence-corrected chi connectivity index (χ4v) is 6.22. The molecule has 186 valence electrons. The first-order chi connectivity index (χ1) is 17.0. The fourth-order valence-electron chi connectivity index (χ4n) is 6.22. The summed E-state index contributed by atoms with van der Waals surface area (Å²) >= 11 is 0. The molecule has 6 rings (SSSR count). The number of ether oxygens (including phenoxy) is 1. The van der Waals surface area contributed by atoms with Gasteiger partial charge in [-0.3, -0.25) is 9.69 Å². The summed E-state index contributed by atoms with van der Waals surface area (Å²) in [6, 6.07) is 13.5. The van der Waals surface area contributed by atoms with Gasteiger partial charge >= 0.3 is 5.97 Å². The van der Waals surface area contributed by atoms with Crippen LogP contribution in [0, 0.1) is 5.92 Å². The van der Waals surface area contributed by atoms with Crippen LogP contribution in [0.2, 0.25) is 0 Å². The average molecular weight is 479 g/mol. The molecule has 2 bridgehead atoms. The summed E-state index contributed by atoms with van der Waals surface area (Å²) in [5, 5.41) is 10.7. The maximum atomic E-state index is 13.9. The molecule has 4 saturated heterocycles. The number of quaternary nitrogens is 1. The molecule has 1 amide bonds. The number of nitrogens with one attached hydrogen (secondary N) is 1. The van der Waals surface area contributed by atoms with Crippen molar-refractivity contribution in [3.8, 4) is 0 Å². The second kappa shape index (κ2) is 10.0. The van der Waals surface area contributed by atoms with E-state index >= 15 is 0 Å². The zero-order valence-corrected chi connectivity index (χ0v) is 20.6. The molecule has 2 atom stereocenters. The van der Waals surface area contributed by atoms with E-state index in [0.717, 1.165) is 57.4 Å². The number of carbonyl (C=O) groups excluding carboxylic acids is 2. The number of benzene rings is 1. The summed E-state index contributed by atoms with van der Waals surface area (Å²) in [7, 11) is 0. The molecule has 1 aromatic heterocycles. The highest BCUT2D eigenvalue weighted by Crippen LogP contribution is 2.38. The molecule has 0 unspecified atom stereocenters.